The van der Waals surface area contributed by atoms with E-state index in [2.05, 4.69) is 29.1 Å². The van der Waals surface area contributed by atoms with Crippen LogP contribution >= 0.6 is 85.5 Å². The minimum absolute atomic E-state index is 0.0537. The van der Waals surface area contributed by atoms with E-state index in [1.54, 1.807) is 36.4 Å². The molecular formula is C33H23BBrCl6F6N3O2. The van der Waals surface area contributed by atoms with Gasteiger partial charge >= 0.3 is 19.5 Å². The highest BCUT2D eigenvalue weighted by atomic mass is 79.9. The van der Waals surface area contributed by atoms with Gasteiger partial charge in [0, 0.05) is 0 Å². The maximum absolute atomic E-state index is 12.3. The smallest absolute Gasteiger partial charge is 0.399 e. The highest BCUT2D eigenvalue weighted by Gasteiger charge is 2.51. The Bertz CT molecular complexity index is 1870. The number of nitriles is 3. The van der Waals surface area contributed by atoms with Gasteiger partial charge in [-0.2, -0.15) is 42.1 Å². The van der Waals surface area contributed by atoms with Gasteiger partial charge in [0.25, 0.3) is 0 Å². The molecule has 1 saturated heterocycles. The summed E-state index contributed by atoms with van der Waals surface area (Å²) in [4.78, 5) is 0. The monoisotopic (exact) mass is 907 g/mol. The van der Waals surface area contributed by atoms with Gasteiger partial charge in [0.05, 0.1) is 68.1 Å². The molecule has 3 aromatic carbocycles. The van der Waals surface area contributed by atoms with Gasteiger partial charge in [-0.05, 0) is 91.0 Å². The van der Waals surface area contributed by atoms with Crippen molar-refractivity contribution >= 4 is 104 Å². The van der Waals surface area contributed by atoms with Gasteiger partial charge in [0.2, 0.25) is 0 Å². The number of halogens is 13. The lowest BCUT2D eigenvalue weighted by molar-refractivity contribution is -0.0825. The molecule has 0 radical (unpaired) electrons. The van der Waals surface area contributed by atoms with E-state index in [9.17, 15) is 26.3 Å². The fourth-order valence-electron chi connectivity index (χ4n) is 3.44. The molecule has 1 aliphatic rings. The predicted molar refractivity (Wildman–Crippen MR) is 198 cm³/mol. The third-order valence-electron chi connectivity index (χ3n) is 6.93. The van der Waals surface area contributed by atoms with Crippen molar-refractivity contribution in [3.63, 3.8) is 0 Å². The number of allylic oxidation sites excluding steroid dienone is 2. The van der Waals surface area contributed by atoms with Crippen LogP contribution < -0.4 is 5.46 Å². The SMILES string of the molecule is C=C(Br)C(F)(F)F.C=C(c1cc(Cl)c(C#N)c(Cl)c1)C(F)(F)F.CC1(C)OB(c2cc(Cl)c(C#N)c(Cl)c2)OC1(C)C.N#Cc1c(Cl)cccc1Cl. The van der Waals surface area contributed by atoms with E-state index in [4.69, 9.17) is 94.7 Å². The van der Waals surface area contributed by atoms with E-state index in [0.717, 1.165) is 12.1 Å². The Labute approximate surface area is 335 Å². The van der Waals surface area contributed by atoms with E-state index < -0.39 is 40.7 Å². The highest BCUT2D eigenvalue weighted by molar-refractivity contribution is 9.11. The molecule has 0 aliphatic carbocycles. The third kappa shape index (κ3) is 13.1. The van der Waals surface area contributed by atoms with Crippen LogP contribution in [0.2, 0.25) is 30.1 Å². The van der Waals surface area contributed by atoms with Crippen molar-refractivity contribution in [3.05, 3.63) is 112 Å². The summed E-state index contributed by atoms with van der Waals surface area (Å²) in [6, 6.07) is 15.9. The van der Waals surface area contributed by atoms with Gasteiger partial charge in [-0.1, -0.05) is 88.8 Å². The zero-order valence-electron chi connectivity index (χ0n) is 27.1. The first-order valence-corrected chi connectivity index (χ1v) is 16.9. The zero-order valence-corrected chi connectivity index (χ0v) is 33.2. The molecule has 0 aromatic heterocycles. The van der Waals surface area contributed by atoms with Crippen LogP contribution in [-0.4, -0.2) is 30.7 Å². The maximum Gasteiger partial charge on any atom is 0.494 e. The summed E-state index contributed by atoms with van der Waals surface area (Å²) in [7, 11) is -0.534. The summed E-state index contributed by atoms with van der Waals surface area (Å²) >= 11 is 36.7. The molecule has 0 amide bonds. The quantitative estimate of drug-likeness (QED) is 0.189. The summed E-state index contributed by atoms with van der Waals surface area (Å²) in [6.45, 7) is 13.4. The molecule has 3 aromatic rings. The summed E-state index contributed by atoms with van der Waals surface area (Å²) in [5.74, 6) is 0. The second-order valence-electron chi connectivity index (χ2n) is 11.1. The first-order chi connectivity index (χ1) is 23.6. The normalized spacial score (nSPS) is 14.1. The highest BCUT2D eigenvalue weighted by Crippen LogP contribution is 2.38. The number of benzene rings is 3. The van der Waals surface area contributed by atoms with Gasteiger partial charge in [0.1, 0.15) is 18.2 Å². The largest absolute Gasteiger partial charge is 0.494 e. The minimum Gasteiger partial charge on any atom is -0.399 e. The molecule has 0 spiro atoms. The van der Waals surface area contributed by atoms with Crippen LogP contribution in [0.15, 0.2) is 60.1 Å². The Morgan fingerprint density at radius 3 is 1.23 bits per heavy atom. The van der Waals surface area contributed by atoms with Crippen LogP contribution in [0.3, 0.4) is 0 Å². The van der Waals surface area contributed by atoms with Crippen molar-refractivity contribution in [2.45, 2.75) is 51.2 Å². The Morgan fingerprint density at radius 2 is 0.962 bits per heavy atom. The van der Waals surface area contributed by atoms with Crippen molar-refractivity contribution in [1.82, 2.24) is 0 Å². The number of rotatable bonds is 2. The van der Waals surface area contributed by atoms with E-state index in [1.165, 1.54) is 0 Å². The van der Waals surface area contributed by atoms with E-state index >= 15 is 0 Å². The fraction of sp³-hybridized carbons (Fsp3) is 0.242. The first kappa shape index (κ1) is 47.4. The molecule has 52 heavy (non-hydrogen) atoms. The minimum atomic E-state index is -4.55. The first-order valence-electron chi connectivity index (χ1n) is 13.8. The number of nitrogens with zero attached hydrogens (tertiary/aromatic N) is 3. The van der Waals surface area contributed by atoms with Gasteiger partial charge < -0.3 is 9.31 Å². The molecule has 0 saturated carbocycles. The molecule has 4 rings (SSSR count). The molecule has 0 N–H and O–H groups in total. The van der Waals surface area contributed by atoms with Crippen LogP contribution in [0, 0.1) is 34.0 Å². The number of alkyl halides is 6. The van der Waals surface area contributed by atoms with Crippen LogP contribution in [0.5, 0.6) is 0 Å². The number of hydrogen-bond donors (Lipinski definition) is 0. The van der Waals surface area contributed by atoms with Crippen molar-refractivity contribution in [1.29, 1.82) is 15.8 Å². The molecule has 0 unspecified atom stereocenters. The van der Waals surface area contributed by atoms with Crippen LogP contribution in [0.25, 0.3) is 5.57 Å². The molecule has 1 aliphatic heterocycles. The predicted octanol–water partition coefficient (Wildman–Crippen LogP) is 12.9. The molecule has 5 nitrogen and oxygen atoms in total. The lowest BCUT2D eigenvalue weighted by Crippen LogP contribution is -2.41. The summed E-state index contributed by atoms with van der Waals surface area (Å²) in [5.41, 5.74) is -0.888. The summed E-state index contributed by atoms with van der Waals surface area (Å²) < 4.78 is 81.0. The second kappa shape index (κ2) is 19.1. The average molecular weight is 911 g/mol. The van der Waals surface area contributed by atoms with Gasteiger partial charge in [-0.15, -0.1) is 0 Å². The summed E-state index contributed by atoms with van der Waals surface area (Å²) in [6.07, 6.45) is -8.83. The van der Waals surface area contributed by atoms with Crippen molar-refractivity contribution in [2.24, 2.45) is 0 Å². The van der Waals surface area contributed by atoms with E-state index in [0.29, 0.717) is 31.1 Å². The van der Waals surface area contributed by atoms with Crippen LogP contribution in [0.1, 0.15) is 49.9 Å². The van der Waals surface area contributed by atoms with Gasteiger partial charge in [-0.3, -0.25) is 0 Å². The lowest BCUT2D eigenvalue weighted by atomic mass is 9.79. The molecular weight excluding hydrogens is 888 g/mol. The Balaban J connectivity index is 0.000000370. The summed E-state index contributed by atoms with van der Waals surface area (Å²) in [5, 5.41) is 27.2. The van der Waals surface area contributed by atoms with Crippen LogP contribution in [-0.2, 0) is 9.31 Å². The fourth-order valence-corrected chi connectivity index (χ4v) is 5.08. The third-order valence-corrected chi connectivity index (χ3v) is 9.20. The second-order valence-corrected chi connectivity index (χ2v) is 14.5. The molecule has 0 bridgehead atoms. The number of hydrogen-bond acceptors (Lipinski definition) is 5. The zero-order chi connectivity index (χ0) is 40.6. The lowest BCUT2D eigenvalue weighted by Gasteiger charge is -2.32. The molecule has 19 heteroatoms. The standard InChI is InChI=1S/C13H14BCl2NO2.C10H4Cl2F3N.C7H3Cl2N.C3H2BrF3/c1-12(2)13(3,4)19-14(18-12)8-5-10(15)9(7-17)11(16)6-8;1-5(10(13,14)15)6-2-8(11)7(4-16)9(12)3-6;8-6-2-1-3-7(9)5(6)4-10;1-2(4)3(5,6)7/h5-6H,1-4H3;2-3H,1H2;1-3H;1H2. The Kier molecular flexibility index (Phi) is 17.4. The average Bonchev–Trinajstić information content (AvgIpc) is 3.22. The maximum atomic E-state index is 12.3. The van der Waals surface area contributed by atoms with Gasteiger partial charge in [-0.25, -0.2) is 0 Å². The van der Waals surface area contributed by atoms with Crippen molar-refractivity contribution in [2.75, 3.05) is 0 Å². The topological polar surface area (TPSA) is 89.8 Å². The van der Waals surface area contributed by atoms with Gasteiger partial charge in [0.15, 0.2) is 0 Å². The van der Waals surface area contributed by atoms with E-state index in [1.807, 2.05) is 39.8 Å². The molecule has 1 heterocycles. The Morgan fingerprint density at radius 1 is 0.654 bits per heavy atom. The van der Waals surface area contributed by atoms with Crippen LogP contribution in [0.4, 0.5) is 26.3 Å². The van der Waals surface area contributed by atoms with Crippen molar-refractivity contribution in [3.8, 4) is 18.2 Å². The van der Waals surface area contributed by atoms with E-state index in [-0.39, 0.29) is 26.7 Å². The molecule has 276 valence electrons. The Hall–Kier alpha value is -2.61. The molecule has 0 atom stereocenters. The van der Waals surface area contributed by atoms with Crippen molar-refractivity contribution < 1.29 is 35.7 Å². The molecule has 1 fully saturated rings.